The van der Waals surface area contributed by atoms with Crippen LogP contribution in [0, 0.1) is 0 Å². The Morgan fingerprint density at radius 3 is 2.57 bits per heavy atom. The third kappa shape index (κ3) is 3.56. The summed E-state index contributed by atoms with van der Waals surface area (Å²) in [6, 6.07) is 17.9. The summed E-state index contributed by atoms with van der Waals surface area (Å²) in [7, 11) is 0. The van der Waals surface area contributed by atoms with Crippen LogP contribution < -0.4 is 10.6 Å². The van der Waals surface area contributed by atoms with E-state index in [4.69, 9.17) is 11.6 Å². The van der Waals surface area contributed by atoms with Crippen LogP contribution in [0.5, 0.6) is 0 Å². The second-order valence-electron chi connectivity index (χ2n) is 5.28. The van der Waals surface area contributed by atoms with Crippen molar-refractivity contribution in [2.75, 3.05) is 0 Å². The summed E-state index contributed by atoms with van der Waals surface area (Å²) < 4.78 is 0. The van der Waals surface area contributed by atoms with E-state index in [1.165, 1.54) is 5.56 Å². The highest BCUT2D eigenvalue weighted by Gasteiger charge is 2.39. The molecule has 4 heteroatoms. The summed E-state index contributed by atoms with van der Waals surface area (Å²) in [5.74, 6) is 0.442. The number of rotatable bonds is 4. The molecule has 108 valence electrons. The lowest BCUT2D eigenvalue weighted by Crippen LogP contribution is -2.36. The van der Waals surface area contributed by atoms with Crippen LogP contribution in [0.1, 0.15) is 23.5 Å². The first-order valence-corrected chi connectivity index (χ1v) is 7.44. The van der Waals surface area contributed by atoms with Gasteiger partial charge >= 0.3 is 6.03 Å². The molecule has 0 aromatic heterocycles. The SMILES string of the molecule is O=C(NCc1ccccc1Cl)NC1CC1c1ccccc1. The molecule has 0 bridgehead atoms. The Hall–Kier alpha value is -2.00. The summed E-state index contributed by atoms with van der Waals surface area (Å²) >= 11 is 6.06. The van der Waals surface area contributed by atoms with E-state index >= 15 is 0 Å². The molecule has 0 aliphatic heterocycles. The van der Waals surface area contributed by atoms with Crippen LogP contribution in [0.2, 0.25) is 5.02 Å². The molecule has 0 radical (unpaired) electrons. The third-order valence-corrected chi connectivity index (χ3v) is 4.10. The first kappa shape index (κ1) is 14.0. The molecule has 3 rings (SSSR count). The number of urea groups is 1. The standard InChI is InChI=1S/C17H17ClN2O/c18-15-9-5-4-8-13(15)11-19-17(21)20-16-10-14(16)12-6-2-1-3-7-12/h1-9,14,16H,10-11H2,(H2,19,20,21). The van der Waals surface area contributed by atoms with Crippen LogP contribution in [-0.2, 0) is 6.54 Å². The minimum atomic E-state index is -0.140. The molecule has 2 amide bonds. The van der Waals surface area contributed by atoms with Crippen molar-refractivity contribution in [3.63, 3.8) is 0 Å². The Morgan fingerprint density at radius 1 is 1.10 bits per heavy atom. The maximum Gasteiger partial charge on any atom is 0.315 e. The van der Waals surface area contributed by atoms with Gasteiger partial charge in [0.2, 0.25) is 0 Å². The molecular formula is C17H17ClN2O. The highest BCUT2D eigenvalue weighted by Crippen LogP contribution is 2.40. The summed E-state index contributed by atoms with van der Waals surface area (Å²) in [6.07, 6.45) is 1.00. The zero-order valence-electron chi connectivity index (χ0n) is 11.6. The minimum absolute atomic E-state index is 0.140. The largest absolute Gasteiger partial charge is 0.335 e. The van der Waals surface area contributed by atoms with E-state index < -0.39 is 0 Å². The topological polar surface area (TPSA) is 41.1 Å². The molecule has 0 heterocycles. The maximum atomic E-state index is 11.9. The van der Waals surface area contributed by atoms with Gasteiger partial charge in [-0.25, -0.2) is 4.79 Å². The fraction of sp³-hybridized carbons (Fsp3) is 0.235. The zero-order chi connectivity index (χ0) is 14.7. The average molecular weight is 301 g/mol. The van der Waals surface area contributed by atoms with Crippen LogP contribution in [0.4, 0.5) is 4.79 Å². The van der Waals surface area contributed by atoms with Crippen LogP contribution in [0.15, 0.2) is 54.6 Å². The molecule has 1 fully saturated rings. The molecule has 2 N–H and O–H groups in total. The van der Waals surface area contributed by atoms with Crippen molar-refractivity contribution in [2.45, 2.75) is 24.9 Å². The maximum absolute atomic E-state index is 11.9. The Balaban J connectivity index is 1.47. The smallest absolute Gasteiger partial charge is 0.315 e. The molecule has 1 saturated carbocycles. The molecule has 21 heavy (non-hydrogen) atoms. The summed E-state index contributed by atoms with van der Waals surface area (Å²) in [4.78, 5) is 11.9. The third-order valence-electron chi connectivity index (χ3n) is 3.73. The predicted octanol–water partition coefficient (Wildman–Crippen LogP) is 3.70. The second kappa shape index (κ2) is 6.19. The minimum Gasteiger partial charge on any atom is -0.335 e. The molecular weight excluding hydrogens is 284 g/mol. The molecule has 3 nitrogen and oxygen atoms in total. The van der Waals surface area contributed by atoms with Gasteiger partial charge in [-0.3, -0.25) is 0 Å². The lowest BCUT2D eigenvalue weighted by Gasteiger charge is -2.08. The van der Waals surface area contributed by atoms with Crippen molar-refractivity contribution in [2.24, 2.45) is 0 Å². The highest BCUT2D eigenvalue weighted by molar-refractivity contribution is 6.31. The number of halogens is 1. The number of amides is 2. The summed E-state index contributed by atoms with van der Waals surface area (Å²) in [6.45, 7) is 0.439. The van der Waals surface area contributed by atoms with Gasteiger partial charge in [0.05, 0.1) is 0 Å². The van der Waals surface area contributed by atoms with Gasteiger partial charge in [0.15, 0.2) is 0 Å². The van der Waals surface area contributed by atoms with Crippen molar-refractivity contribution >= 4 is 17.6 Å². The second-order valence-corrected chi connectivity index (χ2v) is 5.68. The normalized spacial score (nSPS) is 19.9. The Morgan fingerprint density at radius 2 is 1.81 bits per heavy atom. The van der Waals surface area contributed by atoms with Gasteiger partial charge in [-0.05, 0) is 23.6 Å². The van der Waals surface area contributed by atoms with Gasteiger partial charge in [0.25, 0.3) is 0 Å². The predicted molar refractivity (Wildman–Crippen MR) is 84.4 cm³/mol. The van der Waals surface area contributed by atoms with Gasteiger partial charge in [-0.2, -0.15) is 0 Å². The van der Waals surface area contributed by atoms with Gasteiger partial charge in [0.1, 0.15) is 0 Å². The van der Waals surface area contributed by atoms with Crippen LogP contribution in [-0.4, -0.2) is 12.1 Å². The summed E-state index contributed by atoms with van der Waals surface area (Å²) in [5, 5.41) is 6.52. The van der Waals surface area contributed by atoms with Crippen molar-refractivity contribution in [3.8, 4) is 0 Å². The monoisotopic (exact) mass is 300 g/mol. The summed E-state index contributed by atoms with van der Waals surface area (Å²) in [5.41, 5.74) is 2.21. The Bertz CT molecular complexity index is 630. The fourth-order valence-electron chi connectivity index (χ4n) is 2.46. The highest BCUT2D eigenvalue weighted by atomic mass is 35.5. The fourth-order valence-corrected chi connectivity index (χ4v) is 2.66. The lowest BCUT2D eigenvalue weighted by atomic mass is 10.1. The van der Waals surface area contributed by atoms with Crippen molar-refractivity contribution in [3.05, 3.63) is 70.7 Å². The number of nitrogens with one attached hydrogen (secondary N) is 2. The number of hydrogen-bond acceptors (Lipinski definition) is 1. The van der Waals surface area contributed by atoms with E-state index in [1.54, 1.807) is 0 Å². The van der Waals surface area contributed by atoms with Crippen molar-refractivity contribution < 1.29 is 4.79 Å². The molecule has 0 saturated heterocycles. The zero-order valence-corrected chi connectivity index (χ0v) is 12.3. The van der Waals surface area contributed by atoms with Crippen LogP contribution in [0.25, 0.3) is 0 Å². The van der Waals surface area contributed by atoms with Crippen LogP contribution >= 0.6 is 11.6 Å². The number of hydrogen-bond donors (Lipinski definition) is 2. The molecule has 2 aromatic rings. The Kier molecular flexibility index (Phi) is 4.11. The van der Waals surface area contributed by atoms with Gasteiger partial charge in [0, 0.05) is 23.5 Å². The molecule has 2 aromatic carbocycles. The number of carbonyl (C=O) groups excluding carboxylic acids is 1. The van der Waals surface area contributed by atoms with Crippen molar-refractivity contribution in [1.29, 1.82) is 0 Å². The van der Waals surface area contributed by atoms with Gasteiger partial charge in [-0.15, -0.1) is 0 Å². The van der Waals surface area contributed by atoms with E-state index in [9.17, 15) is 4.79 Å². The number of benzene rings is 2. The van der Waals surface area contributed by atoms with E-state index in [0.29, 0.717) is 17.5 Å². The average Bonchev–Trinajstić information content (AvgIpc) is 3.26. The molecule has 1 aliphatic carbocycles. The molecule has 2 atom stereocenters. The molecule has 0 spiro atoms. The quantitative estimate of drug-likeness (QED) is 0.888. The van der Waals surface area contributed by atoms with Gasteiger partial charge < -0.3 is 10.6 Å². The van der Waals surface area contributed by atoms with E-state index in [-0.39, 0.29) is 12.1 Å². The van der Waals surface area contributed by atoms with Crippen LogP contribution in [0.3, 0.4) is 0 Å². The lowest BCUT2D eigenvalue weighted by molar-refractivity contribution is 0.240. The number of carbonyl (C=O) groups is 1. The Labute approximate surface area is 129 Å². The van der Waals surface area contributed by atoms with E-state index in [1.807, 2.05) is 42.5 Å². The van der Waals surface area contributed by atoms with Gasteiger partial charge in [-0.1, -0.05) is 60.1 Å². The molecule has 2 unspecified atom stereocenters. The first-order valence-electron chi connectivity index (χ1n) is 7.07. The first-order chi connectivity index (χ1) is 10.2. The molecule has 1 aliphatic rings. The van der Waals surface area contributed by atoms with Crippen molar-refractivity contribution in [1.82, 2.24) is 10.6 Å². The van der Waals surface area contributed by atoms with E-state index in [0.717, 1.165) is 12.0 Å². The van der Waals surface area contributed by atoms with E-state index in [2.05, 4.69) is 22.8 Å².